The van der Waals surface area contributed by atoms with E-state index in [1.807, 2.05) is 29.8 Å². The number of benzene rings is 1. The number of likely N-dealkylation sites (N-methyl/N-ethyl adjacent to an activating group) is 1. The van der Waals surface area contributed by atoms with E-state index in [1.54, 1.807) is 38.4 Å². The Labute approximate surface area is 160 Å². The van der Waals surface area contributed by atoms with Crippen LogP contribution in [0.15, 0.2) is 47.5 Å². The Morgan fingerprint density at radius 1 is 1.19 bits per heavy atom. The van der Waals surface area contributed by atoms with Gasteiger partial charge in [0.05, 0.1) is 17.5 Å². The molecule has 146 valence electrons. The smallest absolute Gasteiger partial charge is 0.248 e. The number of ether oxygens (including phenoxy) is 1. The fraction of sp³-hybridized carbons (Fsp3) is 0.421. The van der Waals surface area contributed by atoms with E-state index in [9.17, 15) is 13.2 Å². The molecule has 0 bridgehead atoms. The summed E-state index contributed by atoms with van der Waals surface area (Å²) in [6.45, 7) is 2.81. The molecule has 1 aliphatic rings. The molecule has 0 saturated carbocycles. The molecule has 0 unspecified atom stereocenters. The van der Waals surface area contributed by atoms with E-state index >= 15 is 0 Å². The average molecular weight is 391 g/mol. The highest BCUT2D eigenvalue weighted by molar-refractivity contribution is 7.89. The van der Waals surface area contributed by atoms with Gasteiger partial charge in [0, 0.05) is 39.1 Å². The molecule has 0 saturated heterocycles. The maximum Gasteiger partial charge on any atom is 0.248 e. The number of carbonyl (C=O) groups is 1. The van der Waals surface area contributed by atoms with Gasteiger partial charge in [-0.05, 0) is 31.2 Å². The van der Waals surface area contributed by atoms with Gasteiger partial charge >= 0.3 is 0 Å². The molecular formula is C19H25N3O4S. The van der Waals surface area contributed by atoms with E-state index in [1.165, 1.54) is 9.21 Å². The minimum atomic E-state index is -3.67. The summed E-state index contributed by atoms with van der Waals surface area (Å²) < 4.78 is 35.5. The first-order valence-corrected chi connectivity index (χ1v) is 10.2. The largest absolute Gasteiger partial charge is 0.365 e. The molecule has 1 aromatic carbocycles. The molecule has 2 heterocycles. The fourth-order valence-corrected chi connectivity index (χ4v) is 4.43. The van der Waals surface area contributed by atoms with Crippen molar-refractivity contribution >= 4 is 15.9 Å². The van der Waals surface area contributed by atoms with E-state index in [4.69, 9.17) is 4.74 Å². The lowest BCUT2D eigenvalue weighted by Gasteiger charge is -2.24. The predicted octanol–water partition coefficient (Wildman–Crippen LogP) is 1.47. The van der Waals surface area contributed by atoms with Crippen molar-refractivity contribution in [3.05, 3.63) is 53.9 Å². The molecule has 27 heavy (non-hydrogen) atoms. The fourth-order valence-electron chi connectivity index (χ4n) is 2.99. The molecule has 2 aromatic rings. The molecule has 0 N–H and O–H groups in total. The number of amides is 1. The third-order valence-electron chi connectivity index (χ3n) is 4.67. The van der Waals surface area contributed by atoms with Crippen LogP contribution < -0.4 is 0 Å². The van der Waals surface area contributed by atoms with Crippen LogP contribution in [0.1, 0.15) is 11.3 Å². The normalized spacial score (nSPS) is 18.0. The molecule has 7 nitrogen and oxygen atoms in total. The van der Waals surface area contributed by atoms with Crippen LogP contribution >= 0.6 is 0 Å². The van der Waals surface area contributed by atoms with Crippen molar-refractivity contribution in [1.29, 1.82) is 0 Å². The summed E-state index contributed by atoms with van der Waals surface area (Å²) in [6.07, 6.45) is 1.49. The van der Waals surface area contributed by atoms with Gasteiger partial charge in [-0.1, -0.05) is 17.7 Å². The molecule has 1 aromatic heterocycles. The molecule has 0 spiro atoms. The third kappa shape index (κ3) is 4.40. The van der Waals surface area contributed by atoms with Gasteiger partial charge in [-0.15, -0.1) is 0 Å². The van der Waals surface area contributed by atoms with E-state index in [0.29, 0.717) is 6.54 Å². The van der Waals surface area contributed by atoms with Crippen molar-refractivity contribution in [2.24, 2.45) is 0 Å². The monoisotopic (exact) mass is 391 g/mol. The highest BCUT2D eigenvalue weighted by Crippen LogP contribution is 2.23. The van der Waals surface area contributed by atoms with Crippen molar-refractivity contribution in [3.63, 3.8) is 0 Å². The average Bonchev–Trinajstić information content (AvgIpc) is 2.97. The summed E-state index contributed by atoms with van der Waals surface area (Å²) >= 11 is 0. The van der Waals surface area contributed by atoms with Gasteiger partial charge in [-0.25, -0.2) is 8.42 Å². The van der Waals surface area contributed by atoms with Crippen LogP contribution in [-0.4, -0.2) is 61.4 Å². The Bertz CT molecular complexity index is 903. The van der Waals surface area contributed by atoms with Crippen LogP contribution in [-0.2, 0) is 32.6 Å². The Kier molecular flexibility index (Phi) is 5.69. The van der Waals surface area contributed by atoms with Gasteiger partial charge < -0.3 is 14.2 Å². The predicted molar refractivity (Wildman–Crippen MR) is 102 cm³/mol. The number of carbonyl (C=O) groups excluding carboxylic acids is 1. The Hall–Kier alpha value is -2.16. The standard InChI is InChI=1S/C19H25N3O4S/c1-15-6-8-18(9-7-15)27(24,25)22-11-16-5-4-10-21(16)12-17(13-22)26-14-19(23)20(2)3/h4-10,17H,11-14H2,1-3H3/t17-/m0/s1. The molecule has 1 atom stereocenters. The lowest BCUT2D eigenvalue weighted by Crippen LogP contribution is -2.39. The maximum atomic E-state index is 13.2. The topological polar surface area (TPSA) is 71.9 Å². The second kappa shape index (κ2) is 7.84. The second-order valence-electron chi connectivity index (χ2n) is 6.98. The van der Waals surface area contributed by atoms with E-state index in [0.717, 1.165) is 11.3 Å². The number of fused-ring (bicyclic) bond motifs is 1. The van der Waals surface area contributed by atoms with Gasteiger partial charge in [0.25, 0.3) is 0 Å². The van der Waals surface area contributed by atoms with Gasteiger partial charge in [0.2, 0.25) is 15.9 Å². The highest BCUT2D eigenvalue weighted by Gasteiger charge is 2.31. The zero-order valence-corrected chi connectivity index (χ0v) is 16.6. The summed E-state index contributed by atoms with van der Waals surface area (Å²) in [5.41, 5.74) is 1.90. The SMILES string of the molecule is Cc1ccc(S(=O)(=O)N2Cc3cccn3C[C@H](OCC(=O)N(C)C)C2)cc1. The van der Waals surface area contributed by atoms with Crippen molar-refractivity contribution < 1.29 is 17.9 Å². The second-order valence-corrected chi connectivity index (χ2v) is 8.92. The summed E-state index contributed by atoms with van der Waals surface area (Å²) in [6, 6.07) is 10.6. The lowest BCUT2D eigenvalue weighted by atomic mass is 10.2. The van der Waals surface area contributed by atoms with Crippen LogP contribution in [0.3, 0.4) is 0 Å². The Morgan fingerprint density at radius 2 is 1.89 bits per heavy atom. The Balaban J connectivity index is 1.85. The highest BCUT2D eigenvalue weighted by atomic mass is 32.2. The molecule has 0 fully saturated rings. The first-order valence-electron chi connectivity index (χ1n) is 8.80. The molecule has 1 aliphatic heterocycles. The van der Waals surface area contributed by atoms with Crippen LogP contribution in [0.5, 0.6) is 0 Å². The molecule has 0 aliphatic carbocycles. The summed E-state index contributed by atoms with van der Waals surface area (Å²) in [5.74, 6) is -0.153. The third-order valence-corrected chi connectivity index (χ3v) is 6.50. The van der Waals surface area contributed by atoms with Gasteiger partial charge in [-0.2, -0.15) is 4.31 Å². The number of rotatable bonds is 5. The quantitative estimate of drug-likeness (QED) is 0.774. The number of nitrogens with zero attached hydrogens (tertiary/aromatic N) is 3. The van der Waals surface area contributed by atoms with Gasteiger partial charge in [0.15, 0.2) is 0 Å². The lowest BCUT2D eigenvalue weighted by molar-refractivity contribution is -0.136. The Morgan fingerprint density at radius 3 is 2.56 bits per heavy atom. The zero-order valence-electron chi connectivity index (χ0n) is 15.8. The number of aromatic nitrogens is 1. The molecule has 0 radical (unpaired) electrons. The molecular weight excluding hydrogens is 366 g/mol. The van der Waals surface area contributed by atoms with Crippen LogP contribution in [0.4, 0.5) is 0 Å². The number of hydrogen-bond acceptors (Lipinski definition) is 4. The number of sulfonamides is 1. The maximum absolute atomic E-state index is 13.2. The molecule has 3 rings (SSSR count). The molecule has 1 amide bonds. The molecule has 8 heteroatoms. The van der Waals surface area contributed by atoms with E-state index in [2.05, 4.69) is 0 Å². The van der Waals surface area contributed by atoms with Crippen molar-refractivity contribution in [3.8, 4) is 0 Å². The first-order chi connectivity index (χ1) is 12.8. The van der Waals surface area contributed by atoms with Crippen molar-refractivity contribution in [1.82, 2.24) is 13.8 Å². The van der Waals surface area contributed by atoms with Crippen LogP contribution in [0.25, 0.3) is 0 Å². The summed E-state index contributed by atoms with van der Waals surface area (Å²) in [5, 5.41) is 0. The van der Waals surface area contributed by atoms with Crippen molar-refractivity contribution in [2.45, 2.75) is 31.0 Å². The van der Waals surface area contributed by atoms with Crippen LogP contribution in [0.2, 0.25) is 0 Å². The summed E-state index contributed by atoms with van der Waals surface area (Å²) in [7, 11) is -0.339. The first kappa shape index (κ1) is 19.6. The van der Waals surface area contributed by atoms with E-state index in [-0.39, 0.29) is 30.5 Å². The minimum absolute atomic E-state index is 0.0767. The van der Waals surface area contributed by atoms with Gasteiger partial charge in [0.1, 0.15) is 6.61 Å². The van der Waals surface area contributed by atoms with Crippen LogP contribution in [0, 0.1) is 6.92 Å². The summed E-state index contributed by atoms with van der Waals surface area (Å²) in [4.78, 5) is 13.6. The van der Waals surface area contributed by atoms with Crippen molar-refractivity contribution in [2.75, 3.05) is 27.2 Å². The number of aryl methyl sites for hydroxylation is 1. The van der Waals surface area contributed by atoms with Gasteiger partial charge in [-0.3, -0.25) is 4.79 Å². The zero-order chi connectivity index (χ0) is 19.6. The minimum Gasteiger partial charge on any atom is -0.365 e. The van der Waals surface area contributed by atoms with E-state index < -0.39 is 16.1 Å². The number of hydrogen-bond donors (Lipinski definition) is 0.